The van der Waals surface area contributed by atoms with Crippen molar-refractivity contribution in [1.29, 1.82) is 0 Å². The SMILES string of the molecule is COc1cc(F)c(F)c2c1CC[C@@H]2N. The average molecular weight is 199 g/mol. The highest BCUT2D eigenvalue weighted by Crippen LogP contribution is 2.38. The number of fused-ring (bicyclic) bond motifs is 1. The molecule has 4 heteroatoms. The van der Waals surface area contributed by atoms with Crippen molar-refractivity contribution in [3.05, 3.63) is 28.8 Å². The molecule has 14 heavy (non-hydrogen) atoms. The van der Waals surface area contributed by atoms with Crippen LogP contribution >= 0.6 is 0 Å². The number of hydrogen-bond donors (Lipinski definition) is 1. The number of halogens is 2. The highest BCUT2D eigenvalue weighted by atomic mass is 19.2. The van der Waals surface area contributed by atoms with Crippen LogP contribution in [0.25, 0.3) is 0 Å². The summed E-state index contributed by atoms with van der Waals surface area (Å²) in [5.74, 6) is -1.32. The molecule has 1 atom stereocenters. The van der Waals surface area contributed by atoms with Gasteiger partial charge in [0.15, 0.2) is 11.6 Å². The Kier molecular flexibility index (Phi) is 2.15. The molecule has 0 saturated heterocycles. The summed E-state index contributed by atoms with van der Waals surface area (Å²) < 4.78 is 31.4. The number of ether oxygens (including phenoxy) is 1. The van der Waals surface area contributed by atoms with Crippen molar-refractivity contribution in [2.75, 3.05) is 7.11 Å². The molecule has 1 aromatic rings. The Hall–Kier alpha value is -1.16. The van der Waals surface area contributed by atoms with Crippen LogP contribution in [0.2, 0.25) is 0 Å². The summed E-state index contributed by atoms with van der Waals surface area (Å²) in [4.78, 5) is 0. The van der Waals surface area contributed by atoms with Gasteiger partial charge in [-0.3, -0.25) is 0 Å². The smallest absolute Gasteiger partial charge is 0.164 e. The molecule has 2 rings (SSSR count). The summed E-state index contributed by atoms with van der Waals surface area (Å²) in [6.07, 6.45) is 1.29. The van der Waals surface area contributed by atoms with Gasteiger partial charge in [-0.2, -0.15) is 0 Å². The van der Waals surface area contributed by atoms with Crippen LogP contribution in [0.5, 0.6) is 5.75 Å². The fraction of sp³-hybridized carbons (Fsp3) is 0.400. The van der Waals surface area contributed by atoms with E-state index in [0.29, 0.717) is 24.2 Å². The molecule has 2 N–H and O–H groups in total. The molecule has 1 aromatic carbocycles. The van der Waals surface area contributed by atoms with Crippen molar-refractivity contribution in [3.8, 4) is 5.75 Å². The highest BCUT2D eigenvalue weighted by Gasteiger charge is 2.28. The standard InChI is InChI=1S/C10H11F2NO/c1-14-8-4-6(11)10(12)9-5(8)2-3-7(9)13/h4,7H,2-3,13H2,1H3/t7-/m0/s1. The maximum absolute atomic E-state index is 13.4. The monoisotopic (exact) mass is 199 g/mol. The normalized spacial score (nSPS) is 19.6. The van der Waals surface area contributed by atoms with E-state index in [9.17, 15) is 8.78 Å². The maximum atomic E-state index is 13.4. The van der Waals surface area contributed by atoms with E-state index in [1.807, 2.05) is 0 Å². The molecule has 0 heterocycles. The Morgan fingerprint density at radius 3 is 2.86 bits per heavy atom. The van der Waals surface area contributed by atoms with Gasteiger partial charge in [0.2, 0.25) is 0 Å². The molecule has 0 fully saturated rings. The van der Waals surface area contributed by atoms with Crippen LogP contribution in [-0.2, 0) is 6.42 Å². The van der Waals surface area contributed by atoms with E-state index in [1.165, 1.54) is 7.11 Å². The molecule has 2 nitrogen and oxygen atoms in total. The van der Waals surface area contributed by atoms with E-state index in [2.05, 4.69) is 0 Å². The van der Waals surface area contributed by atoms with Crippen LogP contribution in [0, 0.1) is 11.6 Å². The molecule has 76 valence electrons. The third-order valence-electron chi connectivity index (χ3n) is 2.62. The highest BCUT2D eigenvalue weighted by molar-refractivity contribution is 5.46. The molecule has 0 spiro atoms. The second-order valence-electron chi connectivity index (χ2n) is 3.41. The zero-order valence-corrected chi connectivity index (χ0v) is 7.81. The van der Waals surface area contributed by atoms with Crippen molar-refractivity contribution in [1.82, 2.24) is 0 Å². The van der Waals surface area contributed by atoms with Crippen LogP contribution in [0.3, 0.4) is 0 Å². The minimum absolute atomic E-state index is 0.279. The molecule has 0 aromatic heterocycles. The summed E-state index contributed by atoms with van der Waals surface area (Å²) in [5.41, 5.74) is 6.66. The van der Waals surface area contributed by atoms with E-state index in [-0.39, 0.29) is 5.56 Å². The van der Waals surface area contributed by atoms with Gasteiger partial charge in [0.25, 0.3) is 0 Å². The van der Waals surface area contributed by atoms with Gasteiger partial charge in [0, 0.05) is 23.2 Å². The van der Waals surface area contributed by atoms with Gasteiger partial charge in [0.05, 0.1) is 7.11 Å². The van der Waals surface area contributed by atoms with Gasteiger partial charge in [-0.1, -0.05) is 0 Å². The Labute approximate surface area is 80.7 Å². The molecule has 0 unspecified atom stereocenters. The second-order valence-corrected chi connectivity index (χ2v) is 3.41. The fourth-order valence-electron chi connectivity index (χ4n) is 1.93. The van der Waals surface area contributed by atoms with E-state index in [1.54, 1.807) is 0 Å². The van der Waals surface area contributed by atoms with Crippen molar-refractivity contribution in [2.45, 2.75) is 18.9 Å². The quantitative estimate of drug-likeness (QED) is 0.749. The Balaban J connectivity index is 2.66. The number of nitrogens with two attached hydrogens (primary N) is 1. The lowest BCUT2D eigenvalue weighted by Crippen LogP contribution is -2.09. The van der Waals surface area contributed by atoms with Gasteiger partial charge >= 0.3 is 0 Å². The Morgan fingerprint density at radius 2 is 2.21 bits per heavy atom. The summed E-state index contributed by atoms with van der Waals surface area (Å²) in [5, 5.41) is 0. The van der Waals surface area contributed by atoms with Gasteiger partial charge in [-0.15, -0.1) is 0 Å². The van der Waals surface area contributed by atoms with Crippen molar-refractivity contribution in [3.63, 3.8) is 0 Å². The van der Waals surface area contributed by atoms with E-state index in [4.69, 9.17) is 10.5 Å². The molecule has 0 aliphatic heterocycles. The predicted octanol–water partition coefficient (Wildman–Crippen LogP) is 1.92. The summed E-state index contributed by atoms with van der Waals surface area (Å²) >= 11 is 0. The topological polar surface area (TPSA) is 35.2 Å². The van der Waals surface area contributed by atoms with Crippen LogP contribution < -0.4 is 10.5 Å². The van der Waals surface area contributed by atoms with Gasteiger partial charge < -0.3 is 10.5 Å². The zero-order valence-electron chi connectivity index (χ0n) is 7.81. The van der Waals surface area contributed by atoms with Crippen molar-refractivity contribution >= 4 is 0 Å². The first-order chi connectivity index (χ1) is 6.65. The Morgan fingerprint density at radius 1 is 1.50 bits per heavy atom. The number of rotatable bonds is 1. The summed E-state index contributed by atoms with van der Waals surface area (Å²) in [6.45, 7) is 0. The molecular weight excluding hydrogens is 188 g/mol. The number of methoxy groups -OCH3 is 1. The summed E-state index contributed by atoms with van der Waals surface area (Å²) in [7, 11) is 1.44. The summed E-state index contributed by atoms with van der Waals surface area (Å²) in [6, 6.07) is 0.668. The van der Waals surface area contributed by atoms with Gasteiger partial charge in [-0.25, -0.2) is 8.78 Å². The van der Waals surface area contributed by atoms with E-state index < -0.39 is 17.7 Å². The largest absolute Gasteiger partial charge is 0.496 e. The average Bonchev–Trinajstić information content (AvgIpc) is 2.54. The van der Waals surface area contributed by atoms with Crippen LogP contribution in [0.4, 0.5) is 8.78 Å². The molecule has 0 bridgehead atoms. The number of hydrogen-bond acceptors (Lipinski definition) is 2. The van der Waals surface area contributed by atoms with E-state index in [0.717, 1.165) is 6.07 Å². The van der Waals surface area contributed by atoms with Crippen molar-refractivity contribution < 1.29 is 13.5 Å². The zero-order chi connectivity index (χ0) is 10.3. The first-order valence-electron chi connectivity index (χ1n) is 4.45. The van der Waals surface area contributed by atoms with Gasteiger partial charge in [0.1, 0.15) is 5.75 Å². The molecule has 0 amide bonds. The molecule has 0 radical (unpaired) electrons. The molecule has 1 aliphatic carbocycles. The number of benzene rings is 1. The first-order valence-corrected chi connectivity index (χ1v) is 4.45. The molecule has 1 aliphatic rings. The third-order valence-corrected chi connectivity index (χ3v) is 2.62. The maximum Gasteiger partial charge on any atom is 0.164 e. The van der Waals surface area contributed by atoms with Gasteiger partial charge in [-0.05, 0) is 12.8 Å². The minimum Gasteiger partial charge on any atom is -0.496 e. The van der Waals surface area contributed by atoms with E-state index >= 15 is 0 Å². The predicted molar refractivity (Wildman–Crippen MR) is 48.2 cm³/mol. The first kappa shape index (κ1) is 9.40. The molecule has 0 saturated carbocycles. The lowest BCUT2D eigenvalue weighted by molar-refractivity contribution is 0.401. The molecular formula is C10H11F2NO. The van der Waals surface area contributed by atoms with Crippen LogP contribution in [0.15, 0.2) is 6.07 Å². The van der Waals surface area contributed by atoms with Crippen molar-refractivity contribution in [2.24, 2.45) is 5.73 Å². The fourth-order valence-corrected chi connectivity index (χ4v) is 1.93. The van der Waals surface area contributed by atoms with Crippen LogP contribution in [0.1, 0.15) is 23.6 Å². The lowest BCUT2D eigenvalue weighted by atomic mass is 10.1. The van der Waals surface area contributed by atoms with Crippen LogP contribution in [-0.4, -0.2) is 7.11 Å². The third kappa shape index (κ3) is 1.18. The Bertz CT molecular complexity index is 379. The minimum atomic E-state index is -0.891. The lowest BCUT2D eigenvalue weighted by Gasteiger charge is -2.10. The second kappa shape index (κ2) is 3.20.